The summed E-state index contributed by atoms with van der Waals surface area (Å²) in [6.07, 6.45) is -3.04. The molecule has 2 heterocycles. The summed E-state index contributed by atoms with van der Waals surface area (Å²) in [7, 11) is 0. The number of nitrogens with zero attached hydrogens (tertiary/aromatic N) is 4. The fraction of sp³-hybridized carbons (Fsp3) is 0.323. The summed E-state index contributed by atoms with van der Waals surface area (Å²) >= 11 is 0. The predicted octanol–water partition coefficient (Wildman–Crippen LogP) is 6.45. The minimum atomic E-state index is -4.62. The second-order valence-corrected chi connectivity index (χ2v) is 10.4. The van der Waals surface area contributed by atoms with Gasteiger partial charge in [-0.3, -0.25) is 4.79 Å². The zero-order valence-electron chi connectivity index (χ0n) is 22.5. The SMILES string of the molecule is CC(C)CN(Cc1cccc(-c2ccc3ncnc(N4CCOCC4)c3c2)c1)C(=O)c1ccccc1C(F)(F)F. The second-order valence-electron chi connectivity index (χ2n) is 10.4. The average molecular weight is 549 g/mol. The van der Waals surface area contributed by atoms with Crippen molar-refractivity contribution in [3.8, 4) is 11.1 Å². The number of hydrogen-bond donors (Lipinski definition) is 0. The van der Waals surface area contributed by atoms with Crippen molar-refractivity contribution in [3.63, 3.8) is 0 Å². The van der Waals surface area contributed by atoms with Gasteiger partial charge in [0.05, 0.1) is 29.9 Å². The van der Waals surface area contributed by atoms with Crippen LogP contribution >= 0.6 is 0 Å². The molecule has 1 aliphatic heterocycles. The quantitative estimate of drug-likeness (QED) is 0.266. The van der Waals surface area contributed by atoms with Crippen molar-refractivity contribution in [3.05, 3.63) is 89.7 Å². The van der Waals surface area contributed by atoms with Gasteiger partial charge < -0.3 is 14.5 Å². The molecule has 0 atom stereocenters. The molecule has 0 spiro atoms. The fourth-order valence-electron chi connectivity index (χ4n) is 5.07. The van der Waals surface area contributed by atoms with Crippen molar-refractivity contribution < 1.29 is 22.7 Å². The first-order valence-corrected chi connectivity index (χ1v) is 13.3. The molecule has 40 heavy (non-hydrogen) atoms. The minimum absolute atomic E-state index is 0.0734. The Morgan fingerprint density at radius 1 is 0.975 bits per heavy atom. The number of alkyl halides is 3. The summed E-state index contributed by atoms with van der Waals surface area (Å²) in [5.41, 5.74) is 2.31. The molecule has 3 aromatic carbocycles. The van der Waals surface area contributed by atoms with Crippen LogP contribution in [0.1, 0.15) is 35.3 Å². The number of ether oxygens (including phenoxy) is 1. The molecule has 9 heteroatoms. The number of aromatic nitrogens is 2. The van der Waals surface area contributed by atoms with E-state index in [4.69, 9.17) is 4.74 Å². The highest BCUT2D eigenvalue weighted by Gasteiger charge is 2.36. The van der Waals surface area contributed by atoms with Gasteiger partial charge in [-0.05, 0) is 52.9 Å². The lowest BCUT2D eigenvalue weighted by atomic mass is 10.00. The van der Waals surface area contributed by atoms with E-state index in [0.29, 0.717) is 19.8 Å². The smallest absolute Gasteiger partial charge is 0.378 e. The molecule has 0 bridgehead atoms. The number of halogens is 3. The van der Waals surface area contributed by atoms with E-state index < -0.39 is 17.6 Å². The average Bonchev–Trinajstić information content (AvgIpc) is 2.96. The zero-order valence-corrected chi connectivity index (χ0v) is 22.5. The molecule has 208 valence electrons. The van der Waals surface area contributed by atoms with Crippen molar-refractivity contribution >= 4 is 22.6 Å². The molecular weight excluding hydrogens is 517 g/mol. The summed E-state index contributed by atoms with van der Waals surface area (Å²) in [5.74, 6) is 0.303. The number of amides is 1. The van der Waals surface area contributed by atoms with Gasteiger partial charge >= 0.3 is 6.18 Å². The molecular formula is C31H31F3N4O2. The molecule has 1 amide bonds. The summed E-state index contributed by atoms with van der Waals surface area (Å²) in [6.45, 7) is 7.19. The second kappa shape index (κ2) is 11.6. The van der Waals surface area contributed by atoms with E-state index in [-0.39, 0.29) is 18.0 Å². The zero-order chi connectivity index (χ0) is 28.3. The van der Waals surface area contributed by atoms with Crippen LogP contribution in [0, 0.1) is 5.92 Å². The third kappa shape index (κ3) is 6.09. The Morgan fingerprint density at radius 2 is 1.73 bits per heavy atom. The summed E-state index contributed by atoms with van der Waals surface area (Å²) < 4.78 is 46.5. The maximum absolute atomic E-state index is 13.7. The van der Waals surface area contributed by atoms with E-state index in [1.807, 2.05) is 50.2 Å². The minimum Gasteiger partial charge on any atom is -0.378 e. The van der Waals surface area contributed by atoms with Gasteiger partial charge in [-0.2, -0.15) is 13.2 Å². The van der Waals surface area contributed by atoms with Crippen LogP contribution < -0.4 is 4.90 Å². The molecule has 1 saturated heterocycles. The van der Waals surface area contributed by atoms with E-state index in [1.54, 1.807) is 6.33 Å². The molecule has 0 unspecified atom stereocenters. The van der Waals surface area contributed by atoms with E-state index in [9.17, 15) is 18.0 Å². The monoisotopic (exact) mass is 548 g/mol. The Bertz CT molecular complexity index is 1500. The number of hydrogen-bond acceptors (Lipinski definition) is 5. The predicted molar refractivity (Wildman–Crippen MR) is 149 cm³/mol. The number of morpholine rings is 1. The molecule has 0 N–H and O–H groups in total. The molecule has 1 aliphatic rings. The van der Waals surface area contributed by atoms with Crippen LogP contribution in [0.15, 0.2) is 73.1 Å². The number of benzene rings is 3. The van der Waals surface area contributed by atoms with Gasteiger partial charge in [0.15, 0.2) is 0 Å². The highest BCUT2D eigenvalue weighted by atomic mass is 19.4. The Morgan fingerprint density at radius 3 is 2.48 bits per heavy atom. The highest BCUT2D eigenvalue weighted by Crippen LogP contribution is 2.33. The molecule has 0 radical (unpaired) electrons. The van der Waals surface area contributed by atoms with Crippen molar-refractivity contribution in [2.24, 2.45) is 5.92 Å². The molecule has 0 saturated carbocycles. The van der Waals surface area contributed by atoms with Gasteiger partial charge in [0.25, 0.3) is 5.91 Å². The molecule has 1 aromatic heterocycles. The van der Waals surface area contributed by atoms with Gasteiger partial charge in [0.2, 0.25) is 0 Å². The van der Waals surface area contributed by atoms with Crippen LogP contribution in [-0.4, -0.2) is 53.6 Å². The lowest BCUT2D eigenvalue weighted by Crippen LogP contribution is -2.36. The first-order valence-electron chi connectivity index (χ1n) is 13.3. The molecule has 1 fully saturated rings. The van der Waals surface area contributed by atoms with E-state index in [1.165, 1.54) is 23.1 Å². The largest absolute Gasteiger partial charge is 0.417 e. The molecule has 4 aromatic rings. The Balaban J connectivity index is 1.46. The summed E-state index contributed by atoms with van der Waals surface area (Å²) in [4.78, 5) is 26.1. The van der Waals surface area contributed by atoms with Crippen LogP contribution in [0.4, 0.5) is 19.0 Å². The van der Waals surface area contributed by atoms with Crippen molar-refractivity contribution in [2.45, 2.75) is 26.6 Å². The first kappa shape index (κ1) is 27.6. The van der Waals surface area contributed by atoms with Gasteiger partial charge in [-0.1, -0.05) is 50.2 Å². The van der Waals surface area contributed by atoms with Crippen LogP contribution in [0.5, 0.6) is 0 Å². The van der Waals surface area contributed by atoms with Crippen LogP contribution in [-0.2, 0) is 17.5 Å². The summed E-state index contributed by atoms with van der Waals surface area (Å²) in [6, 6.07) is 18.8. The lowest BCUT2D eigenvalue weighted by Gasteiger charge is -2.28. The van der Waals surface area contributed by atoms with Crippen LogP contribution in [0.25, 0.3) is 22.0 Å². The highest BCUT2D eigenvalue weighted by molar-refractivity contribution is 5.96. The number of fused-ring (bicyclic) bond motifs is 1. The number of anilines is 1. The molecule has 6 nitrogen and oxygen atoms in total. The number of rotatable bonds is 7. The number of carbonyl (C=O) groups excluding carboxylic acids is 1. The van der Waals surface area contributed by atoms with Crippen LogP contribution in [0.3, 0.4) is 0 Å². The van der Waals surface area contributed by atoms with Crippen molar-refractivity contribution in [2.75, 3.05) is 37.7 Å². The topological polar surface area (TPSA) is 58.6 Å². The van der Waals surface area contributed by atoms with Crippen LogP contribution in [0.2, 0.25) is 0 Å². The Labute approximate surface area is 231 Å². The Hall–Kier alpha value is -3.98. The van der Waals surface area contributed by atoms with Gasteiger partial charge in [-0.15, -0.1) is 0 Å². The fourth-order valence-corrected chi connectivity index (χ4v) is 5.07. The van der Waals surface area contributed by atoms with Gasteiger partial charge in [-0.25, -0.2) is 9.97 Å². The molecule has 0 aliphatic carbocycles. The third-order valence-corrected chi connectivity index (χ3v) is 6.89. The molecule has 5 rings (SSSR count). The van der Waals surface area contributed by atoms with E-state index in [2.05, 4.69) is 20.9 Å². The van der Waals surface area contributed by atoms with E-state index in [0.717, 1.165) is 52.6 Å². The van der Waals surface area contributed by atoms with Crippen molar-refractivity contribution in [1.82, 2.24) is 14.9 Å². The lowest BCUT2D eigenvalue weighted by molar-refractivity contribution is -0.138. The first-order chi connectivity index (χ1) is 19.2. The number of carbonyl (C=O) groups is 1. The van der Waals surface area contributed by atoms with Crippen molar-refractivity contribution in [1.29, 1.82) is 0 Å². The van der Waals surface area contributed by atoms with Gasteiger partial charge in [0, 0.05) is 31.6 Å². The maximum atomic E-state index is 13.7. The normalized spacial score (nSPS) is 14.1. The maximum Gasteiger partial charge on any atom is 0.417 e. The third-order valence-electron chi connectivity index (χ3n) is 6.89. The van der Waals surface area contributed by atoms with E-state index >= 15 is 0 Å². The summed E-state index contributed by atoms with van der Waals surface area (Å²) in [5, 5.41) is 0.938. The van der Waals surface area contributed by atoms with Gasteiger partial charge in [0.1, 0.15) is 12.1 Å². The standard InChI is InChI=1S/C31H31F3N4O2/c1-21(2)18-38(30(39)25-8-3-4-9-27(25)31(32,33)34)19-22-6-5-7-23(16-22)24-10-11-28-26(17-24)29(36-20-35-28)37-12-14-40-15-13-37/h3-11,16-17,20-21H,12-15,18-19H2,1-2H3. The Kier molecular flexibility index (Phi) is 8.02.